The van der Waals surface area contributed by atoms with Gasteiger partial charge in [-0.25, -0.2) is 18.4 Å². The van der Waals surface area contributed by atoms with E-state index in [4.69, 9.17) is 4.74 Å². The van der Waals surface area contributed by atoms with E-state index in [1.165, 1.54) is 0 Å². The number of amides is 1. The number of benzene rings is 1. The van der Waals surface area contributed by atoms with Crippen LogP contribution in [-0.4, -0.2) is 31.6 Å². The molecule has 1 rings (SSSR count). The Morgan fingerprint density at radius 2 is 1.90 bits per heavy atom. The second-order valence-electron chi connectivity index (χ2n) is 3.91. The lowest BCUT2D eigenvalue weighted by Crippen LogP contribution is -2.42. The van der Waals surface area contributed by atoms with E-state index in [-0.39, 0.29) is 6.61 Å². The van der Waals surface area contributed by atoms with Gasteiger partial charge in [-0.1, -0.05) is 30.3 Å². The zero-order chi connectivity index (χ0) is 15.0. The lowest BCUT2D eigenvalue weighted by atomic mass is 10.2. The molecule has 1 amide bonds. The molecule has 0 aliphatic carbocycles. The zero-order valence-corrected chi connectivity index (χ0v) is 10.8. The summed E-state index contributed by atoms with van der Waals surface area (Å²) in [4.78, 5) is 22.7. The van der Waals surface area contributed by atoms with E-state index in [1.807, 2.05) is 0 Å². The van der Waals surface area contributed by atoms with Crippen molar-refractivity contribution in [1.29, 1.82) is 0 Å². The molecule has 0 aliphatic heterocycles. The predicted octanol–water partition coefficient (Wildman–Crippen LogP) is 2.11. The minimum absolute atomic E-state index is 0.0186. The maximum absolute atomic E-state index is 12.3. The average Bonchev–Trinajstić information content (AvgIpc) is 2.44. The Kier molecular flexibility index (Phi) is 6.42. The number of rotatable bonds is 6. The minimum atomic E-state index is -2.74. The van der Waals surface area contributed by atoms with Gasteiger partial charge in [-0.3, -0.25) is 0 Å². The second-order valence-corrected chi connectivity index (χ2v) is 3.91. The van der Waals surface area contributed by atoms with E-state index in [0.29, 0.717) is 0 Å². The van der Waals surface area contributed by atoms with Crippen LogP contribution in [0.2, 0.25) is 0 Å². The van der Waals surface area contributed by atoms with Gasteiger partial charge in [0.25, 0.3) is 0 Å². The molecule has 0 spiro atoms. The van der Waals surface area contributed by atoms with Crippen molar-refractivity contribution in [2.45, 2.75) is 25.5 Å². The molecule has 1 aromatic rings. The number of carbonyl (C=O) groups is 2. The van der Waals surface area contributed by atoms with Gasteiger partial charge in [-0.15, -0.1) is 0 Å². The molecule has 0 aromatic heterocycles. The van der Waals surface area contributed by atoms with Crippen LogP contribution in [0.5, 0.6) is 0 Å². The minimum Gasteiger partial charge on any atom is -0.467 e. The van der Waals surface area contributed by atoms with Crippen molar-refractivity contribution >= 4 is 12.1 Å². The number of alkyl carbamates (subject to hydrolysis) is 1. The first-order valence-corrected chi connectivity index (χ1v) is 5.86. The van der Waals surface area contributed by atoms with Gasteiger partial charge in [-0.2, -0.15) is 0 Å². The summed E-state index contributed by atoms with van der Waals surface area (Å²) in [6.07, 6.45) is -4.52. The molecule has 1 N–H and O–H groups in total. The standard InChI is InChI=1S/C13H15F2NO4/c1-19-12(17)10(7-11(14)15)16-13(18)20-8-9-5-3-2-4-6-9/h2-6,10-11H,7-8H2,1H3,(H,16,18)/t10-/m1/s1. The van der Waals surface area contributed by atoms with E-state index in [1.54, 1.807) is 30.3 Å². The Labute approximate surface area is 114 Å². The first-order valence-electron chi connectivity index (χ1n) is 5.86. The Balaban J connectivity index is 2.47. The average molecular weight is 287 g/mol. The van der Waals surface area contributed by atoms with Crippen LogP contribution in [-0.2, 0) is 20.9 Å². The molecule has 7 heteroatoms. The fourth-order valence-electron chi connectivity index (χ4n) is 1.44. The smallest absolute Gasteiger partial charge is 0.408 e. The third-order valence-electron chi connectivity index (χ3n) is 2.40. The highest BCUT2D eigenvalue weighted by Crippen LogP contribution is 2.06. The number of hydrogen-bond acceptors (Lipinski definition) is 4. The van der Waals surface area contributed by atoms with Crippen molar-refractivity contribution < 1.29 is 27.8 Å². The number of methoxy groups -OCH3 is 1. The monoisotopic (exact) mass is 287 g/mol. The highest BCUT2D eigenvalue weighted by atomic mass is 19.3. The molecule has 1 aromatic carbocycles. The van der Waals surface area contributed by atoms with Crippen LogP contribution in [0.4, 0.5) is 13.6 Å². The maximum Gasteiger partial charge on any atom is 0.408 e. The summed E-state index contributed by atoms with van der Waals surface area (Å²) < 4.78 is 33.7. The molecule has 0 unspecified atom stereocenters. The van der Waals surface area contributed by atoms with E-state index >= 15 is 0 Å². The number of nitrogens with one attached hydrogen (secondary N) is 1. The van der Waals surface area contributed by atoms with Crippen LogP contribution < -0.4 is 5.32 Å². The van der Waals surface area contributed by atoms with Gasteiger partial charge in [0.15, 0.2) is 0 Å². The number of esters is 1. The lowest BCUT2D eigenvalue weighted by molar-refractivity contribution is -0.144. The molecule has 0 aliphatic rings. The normalized spacial score (nSPS) is 11.8. The molecular weight excluding hydrogens is 272 g/mol. The SMILES string of the molecule is COC(=O)[C@@H](CC(F)F)NC(=O)OCc1ccccc1. The van der Waals surface area contributed by atoms with Crippen LogP contribution in [0.25, 0.3) is 0 Å². The summed E-state index contributed by atoms with van der Waals surface area (Å²) in [5, 5.41) is 2.05. The van der Waals surface area contributed by atoms with Gasteiger partial charge in [0, 0.05) is 6.42 Å². The third-order valence-corrected chi connectivity index (χ3v) is 2.40. The molecule has 0 heterocycles. The van der Waals surface area contributed by atoms with Gasteiger partial charge < -0.3 is 14.8 Å². The summed E-state index contributed by atoms with van der Waals surface area (Å²) in [6, 6.07) is 7.40. The van der Waals surface area contributed by atoms with Crippen LogP contribution >= 0.6 is 0 Å². The topological polar surface area (TPSA) is 64.6 Å². The molecule has 5 nitrogen and oxygen atoms in total. The van der Waals surface area contributed by atoms with Crippen LogP contribution in [0.3, 0.4) is 0 Å². The van der Waals surface area contributed by atoms with E-state index < -0.39 is 31.0 Å². The molecule has 110 valence electrons. The van der Waals surface area contributed by atoms with E-state index in [0.717, 1.165) is 12.7 Å². The molecule has 20 heavy (non-hydrogen) atoms. The van der Waals surface area contributed by atoms with Crippen molar-refractivity contribution in [2.75, 3.05) is 7.11 Å². The predicted molar refractivity (Wildman–Crippen MR) is 66.2 cm³/mol. The molecule has 0 bridgehead atoms. The molecule has 0 fully saturated rings. The van der Waals surface area contributed by atoms with Gasteiger partial charge in [-0.05, 0) is 5.56 Å². The van der Waals surface area contributed by atoms with Crippen molar-refractivity contribution in [3.8, 4) is 0 Å². The fourth-order valence-corrected chi connectivity index (χ4v) is 1.44. The number of carbonyl (C=O) groups excluding carboxylic acids is 2. The van der Waals surface area contributed by atoms with E-state index in [2.05, 4.69) is 10.1 Å². The van der Waals surface area contributed by atoms with Gasteiger partial charge in [0.05, 0.1) is 7.11 Å². The lowest BCUT2D eigenvalue weighted by Gasteiger charge is -2.15. The van der Waals surface area contributed by atoms with Gasteiger partial charge in [0.2, 0.25) is 6.43 Å². The third kappa shape index (κ3) is 5.64. The van der Waals surface area contributed by atoms with Crippen molar-refractivity contribution in [2.24, 2.45) is 0 Å². The van der Waals surface area contributed by atoms with Crippen molar-refractivity contribution in [3.05, 3.63) is 35.9 Å². The van der Waals surface area contributed by atoms with Crippen LogP contribution in [0, 0.1) is 0 Å². The zero-order valence-electron chi connectivity index (χ0n) is 10.8. The van der Waals surface area contributed by atoms with Gasteiger partial charge >= 0.3 is 12.1 Å². The number of alkyl halides is 2. The molecule has 0 saturated heterocycles. The van der Waals surface area contributed by atoms with Crippen molar-refractivity contribution in [1.82, 2.24) is 5.32 Å². The van der Waals surface area contributed by atoms with Crippen LogP contribution in [0.15, 0.2) is 30.3 Å². The van der Waals surface area contributed by atoms with Crippen molar-refractivity contribution in [3.63, 3.8) is 0 Å². The highest BCUT2D eigenvalue weighted by molar-refractivity contribution is 5.81. The van der Waals surface area contributed by atoms with E-state index in [9.17, 15) is 18.4 Å². The summed E-state index contributed by atoms with van der Waals surface area (Å²) in [5.74, 6) is -0.943. The highest BCUT2D eigenvalue weighted by Gasteiger charge is 2.25. The quantitative estimate of drug-likeness (QED) is 0.814. The summed E-state index contributed by atoms with van der Waals surface area (Å²) in [5.41, 5.74) is 0.742. The molecule has 0 radical (unpaired) electrons. The Morgan fingerprint density at radius 1 is 1.25 bits per heavy atom. The summed E-state index contributed by atoms with van der Waals surface area (Å²) >= 11 is 0. The Morgan fingerprint density at radius 3 is 2.45 bits per heavy atom. The van der Waals surface area contributed by atoms with Crippen LogP contribution in [0.1, 0.15) is 12.0 Å². The first kappa shape index (κ1) is 15.9. The summed E-state index contributed by atoms with van der Waals surface area (Å²) in [7, 11) is 1.05. The number of hydrogen-bond donors (Lipinski definition) is 1. The number of halogens is 2. The Bertz CT molecular complexity index is 439. The fraction of sp³-hybridized carbons (Fsp3) is 0.385. The second kappa shape index (κ2) is 8.08. The maximum atomic E-state index is 12.3. The molecular formula is C13H15F2NO4. The van der Waals surface area contributed by atoms with Gasteiger partial charge in [0.1, 0.15) is 12.6 Å². The summed E-state index contributed by atoms with van der Waals surface area (Å²) in [6.45, 7) is -0.0186. The largest absolute Gasteiger partial charge is 0.467 e. The number of ether oxygens (including phenoxy) is 2. The Hall–Kier alpha value is -2.18. The molecule has 1 atom stereocenters. The first-order chi connectivity index (χ1) is 9.52. The molecule has 0 saturated carbocycles.